The number of fused-ring (bicyclic) bond motifs is 1. The molecule has 6 nitrogen and oxygen atoms in total. The number of nitrogens with zero attached hydrogens (tertiary/aromatic N) is 1. The van der Waals surface area contributed by atoms with Crippen molar-refractivity contribution in [1.29, 1.82) is 0 Å². The summed E-state index contributed by atoms with van der Waals surface area (Å²) in [5, 5.41) is 3.53. The number of hydrogen-bond acceptors (Lipinski definition) is 5. The lowest BCUT2D eigenvalue weighted by Gasteiger charge is -2.24. The first-order valence-electron chi connectivity index (χ1n) is 7.72. The molecule has 1 aromatic heterocycles. The van der Waals surface area contributed by atoms with Gasteiger partial charge in [-0.2, -0.15) is 0 Å². The Bertz CT molecular complexity index is 815. The molecule has 0 aliphatic carbocycles. The molecule has 0 fully saturated rings. The van der Waals surface area contributed by atoms with Gasteiger partial charge in [0.2, 0.25) is 5.91 Å². The van der Waals surface area contributed by atoms with Gasteiger partial charge in [0.25, 0.3) is 5.56 Å². The number of ether oxygens (including phenoxy) is 1. The smallest absolute Gasteiger partial charge is 0.257 e. The van der Waals surface area contributed by atoms with Crippen LogP contribution in [0.4, 0.5) is 5.82 Å². The zero-order valence-electron chi connectivity index (χ0n) is 13.8. The van der Waals surface area contributed by atoms with Crippen molar-refractivity contribution in [1.82, 2.24) is 9.97 Å². The number of carbonyl (C=O) groups is 1. The van der Waals surface area contributed by atoms with E-state index in [1.165, 1.54) is 11.8 Å². The summed E-state index contributed by atoms with van der Waals surface area (Å²) in [6.07, 6.45) is 0.223. The minimum Gasteiger partial charge on any atom is -0.497 e. The van der Waals surface area contributed by atoms with E-state index in [2.05, 4.69) is 15.3 Å². The fraction of sp³-hybridized carbons (Fsp3) is 0.353. The molecule has 24 heavy (non-hydrogen) atoms. The van der Waals surface area contributed by atoms with Crippen molar-refractivity contribution in [2.24, 2.45) is 0 Å². The van der Waals surface area contributed by atoms with Crippen LogP contribution in [0, 0.1) is 0 Å². The molecule has 0 spiro atoms. The molecule has 1 aliphatic heterocycles. The Balaban J connectivity index is 2.05. The highest BCUT2D eigenvalue weighted by molar-refractivity contribution is 7.99. The lowest BCUT2D eigenvalue weighted by Crippen LogP contribution is -2.31. The minimum absolute atomic E-state index is 0.137. The van der Waals surface area contributed by atoms with Gasteiger partial charge in [0.05, 0.1) is 12.7 Å². The summed E-state index contributed by atoms with van der Waals surface area (Å²) in [7, 11) is 1.60. The number of amides is 1. The molecule has 0 radical (unpaired) electrons. The molecule has 1 atom stereocenters. The standard InChI is InChI=1S/C17H19N3O3S/c1-9(2)24-17-19-15-14(16(22)20-17)12(8-13(21)18-15)10-4-6-11(23-3)7-5-10/h4-7,9,12H,8H2,1-3H3,(H2,18,19,20,21,22). The number of aromatic nitrogens is 2. The first-order chi connectivity index (χ1) is 11.5. The van der Waals surface area contributed by atoms with Gasteiger partial charge < -0.3 is 15.0 Å². The largest absolute Gasteiger partial charge is 0.497 e. The van der Waals surface area contributed by atoms with Crippen LogP contribution in [-0.2, 0) is 4.79 Å². The molecular formula is C17H19N3O3S. The predicted octanol–water partition coefficient (Wildman–Crippen LogP) is 2.75. The Hall–Kier alpha value is -2.28. The fourth-order valence-corrected chi connectivity index (χ4v) is 3.49. The first kappa shape index (κ1) is 16.6. The van der Waals surface area contributed by atoms with Crippen LogP contribution in [-0.4, -0.2) is 28.2 Å². The van der Waals surface area contributed by atoms with E-state index < -0.39 is 0 Å². The van der Waals surface area contributed by atoms with Crippen LogP contribution in [0.3, 0.4) is 0 Å². The van der Waals surface area contributed by atoms with Crippen LogP contribution in [0.5, 0.6) is 5.75 Å². The number of nitrogens with one attached hydrogen (secondary N) is 2. The molecular weight excluding hydrogens is 326 g/mol. The van der Waals surface area contributed by atoms with E-state index in [9.17, 15) is 9.59 Å². The Kier molecular flexibility index (Phi) is 4.62. The summed E-state index contributed by atoms with van der Waals surface area (Å²) in [6.45, 7) is 4.03. The van der Waals surface area contributed by atoms with Gasteiger partial charge in [-0.05, 0) is 17.7 Å². The summed E-state index contributed by atoms with van der Waals surface area (Å²) in [6, 6.07) is 7.41. The van der Waals surface area contributed by atoms with E-state index in [1.54, 1.807) is 7.11 Å². The molecule has 2 heterocycles. The second-order valence-electron chi connectivity index (χ2n) is 5.88. The first-order valence-corrected chi connectivity index (χ1v) is 8.60. The van der Waals surface area contributed by atoms with Crippen LogP contribution in [0.25, 0.3) is 0 Å². The molecule has 2 aromatic rings. The molecule has 1 aliphatic rings. The molecule has 1 amide bonds. The highest BCUT2D eigenvalue weighted by Crippen LogP contribution is 2.35. The van der Waals surface area contributed by atoms with Crippen molar-refractivity contribution < 1.29 is 9.53 Å². The SMILES string of the molecule is COc1ccc(C2CC(=O)Nc3nc(SC(C)C)[nH]c(=O)c32)cc1. The molecule has 1 unspecified atom stereocenters. The van der Waals surface area contributed by atoms with Crippen LogP contribution in [0.1, 0.15) is 37.3 Å². The number of methoxy groups -OCH3 is 1. The number of aromatic amines is 1. The number of carbonyl (C=O) groups excluding carboxylic acids is 1. The van der Waals surface area contributed by atoms with Crippen molar-refractivity contribution in [3.63, 3.8) is 0 Å². The van der Waals surface area contributed by atoms with Gasteiger partial charge in [-0.25, -0.2) is 4.98 Å². The summed E-state index contributed by atoms with van der Waals surface area (Å²) in [5.74, 6) is 0.643. The quantitative estimate of drug-likeness (QED) is 0.657. The van der Waals surface area contributed by atoms with Crippen molar-refractivity contribution in [2.45, 2.75) is 36.6 Å². The third-order valence-corrected chi connectivity index (χ3v) is 4.68. The van der Waals surface area contributed by atoms with Gasteiger partial charge in [-0.3, -0.25) is 9.59 Å². The molecule has 0 saturated heterocycles. The Morgan fingerprint density at radius 3 is 2.58 bits per heavy atom. The second kappa shape index (κ2) is 6.68. The van der Waals surface area contributed by atoms with Crippen molar-refractivity contribution in [3.8, 4) is 5.75 Å². The predicted molar refractivity (Wildman–Crippen MR) is 93.9 cm³/mol. The Morgan fingerprint density at radius 1 is 1.25 bits per heavy atom. The number of benzene rings is 1. The van der Waals surface area contributed by atoms with Crippen LogP contribution in [0.15, 0.2) is 34.2 Å². The van der Waals surface area contributed by atoms with E-state index in [0.29, 0.717) is 16.5 Å². The second-order valence-corrected chi connectivity index (χ2v) is 7.44. The molecule has 3 rings (SSSR count). The van der Waals surface area contributed by atoms with Gasteiger partial charge in [-0.1, -0.05) is 37.7 Å². The highest BCUT2D eigenvalue weighted by atomic mass is 32.2. The van der Waals surface area contributed by atoms with Crippen LogP contribution < -0.4 is 15.6 Å². The third kappa shape index (κ3) is 3.31. The third-order valence-electron chi connectivity index (χ3n) is 3.79. The summed E-state index contributed by atoms with van der Waals surface area (Å²) < 4.78 is 5.16. The molecule has 7 heteroatoms. The molecule has 1 aromatic carbocycles. The maximum atomic E-state index is 12.6. The summed E-state index contributed by atoms with van der Waals surface area (Å²) in [4.78, 5) is 31.9. The van der Waals surface area contributed by atoms with E-state index in [-0.39, 0.29) is 29.1 Å². The van der Waals surface area contributed by atoms with Crippen LogP contribution >= 0.6 is 11.8 Å². The number of H-pyrrole nitrogens is 1. The molecule has 126 valence electrons. The Labute approximate surface area is 144 Å². The lowest BCUT2D eigenvalue weighted by molar-refractivity contribution is -0.116. The van der Waals surface area contributed by atoms with E-state index in [4.69, 9.17) is 4.74 Å². The average molecular weight is 345 g/mol. The van der Waals surface area contributed by atoms with Gasteiger partial charge in [0, 0.05) is 17.6 Å². The lowest BCUT2D eigenvalue weighted by atomic mass is 9.87. The van der Waals surface area contributed by atoms with Crippen LogP contribution in [0.2, 0.25) is 0 Å². The minimum atomic E-state index is -0.311. The van der Waals surface area contributed by atoms with Gasteiger partial charge in [0.1, 0.15) is 11.6 Å². The number of hydrogen-bond donors (Lipinski definition) is 2. The number of anilines is 1. The topological polar surface area (TPSA) is 84.1 Å². The van der Waals surface area contributed by atoms with Crippen molar-refractivity contribution in [2.75, 3.05) is 12.4 Å². The van der Waals surface area contributed by atoms with E-state index in [0.717, 1.165) is 11.3 Å². The van der Waals surface area contributed by atoms with Gasteiger partial charge in [0.15, 0.2) is 5.16 Å². The van der Waals surface area contributed by atoms with E-state index in [1.807, 2.05) is 38.1 Å². The monoisotopic (exact) mass is 345 g/mol. The average Bonchev–Trinajstić information content (AvgIpc) is 2.53. The number of thioether (sulfide) groups is 1. The van der Waals surface area contributed by atoms with E-state index >= 15 is 0 Å². The molecule has 0 saturated carbocycles. The zero-order valence-corrected chi connectivity index (χ0v) is 14.6. The zero-order chi connectivity index (χ0) is 17.3. The summed E-state index contributed by atoms with van der Waals surface area (Å²) in [5.41, 5.74) is 1.19. The molecule has 2 N–H and O–H groups in total. The molecule has 0 bridgehead atoms. The van der Waals surface area contributed by atoms with Gasteiger partial charge >= 0.3 is 0 Å². The normalized spacial score (nSPS) is 16.7. The maximum Gasteiger partial charge on any atom is 0.257 e. The highest BCUT2D eigenvalue weighted by Gasteiger charge is 2.31. The van der Waals surface area contributed by atoms with Gasteiger partial charge in [-0.15, -0.1) is 0 Å². The van der Waals surface area contributed by atoms with Crippen molar-refractivity contribution in [3.05, 3.63) is 45.7 Å². The maximum absolute atomic E-state index is 12.6. The fourth-order valence-electron chi connectivity index (χ4n) is 2.75. The number of rotatable bonds is 4. The Morgan fingerprint density at radius 2 is 1.96 bits per heavy atom. The van der Waals surface area contributed by atoms with Crippen molar-refractivity contribution >= 4 is 23.5 Å². The summed E-state index contributed by atoms with van der Waals surface area (Å²) >= 11 is 1.45.